The van der Waals surface area contributed by atoms with Crippen LogP contribution < -0.4 is 0 Å². The van der Waals surface area contributed by atoms with Crippen LogP contribution in [0, 0.1) is 5.82 Å². The third-order valence-corrected chi connectivity index (χ3v) is 7.19. The fourth-order valence-corrected chi connectivity index (χ4v) is 5.02. The van der Waals surface area contributed by atoms with Gasteiger partial charge in [-0.3, -0.25) is 9.48 Å². The number of piperazine rings is 1. The second kappa shape index (κ2) is 10.4. The molecule has 1 aromatic carbocycles. The second-order valence-electron chi connectivity index (χ2n) is 10.9. The van der Waals surface area contributed by atoms with Crippen LogP contribution in [0.3, 0.4) is 0 Å². The molecule has 10 nitrogen and oxygen atoms in total. The van der Waals surface area contributed by atoms with Gasteiger partial charge < -0.3 is 19.1 Å². The summed E-state index contributed by atoms with van der Waals surface area (Å²) in [5, 5.41) is 8.44. The molecule has 1 aliphatic heterocycles. The van der Waals surface area contributed by atoms with Crippen LogP contribution in [0.5, 0.6) is 0 Å². The van der Waals surface area contributed by atoms with Crippen LogP contribution in [-0.2, 0) is 21.5 Å². The highest BCUT2D eigenvalue weighted by atomic mass is 35.5. The number of aromatic nitrogens is 4. The van der Waals surface area contributed by atoms with Crippen LogP contribution in [0.1, 0.15) is 57.1 Å². The van der Waals surface area contributed by atoms with E-state index in [4.69, 9.17) is 20.9 Å². The Kier molecular flexibility index (Phi) is 7.28. The molecule has 1 saturated carbocycles. The number of carbonyl (C=O) groups is 2. The first-order valence-electron chi connectivity index (χ1n) is 12.8. The van der Waals surface area contributed by atoms with Gasteiger partial charge in [-0.15, -0.1) is 0 Å². The lowest BCUT2D eigenvalue weighted by Gasteiger charge is -2.35. The summed E-state index contributed by atoms with van der Waals surface area (Å²) in [5.41, 5.74) is -1.12. The highest BCUT2D eigenvalue weighted by Gasteiger charge is 2.51. The zero-order chi connectivity index (χ0) is 28.8. The van der Waals surface area contributed by atoms with E-state index >= 15 is 0 Å². The number of halogens is 4. The van der Waals surface area contributed by atoms with Crippen LogP contribution in [0.2, 0.25) is 5.02 Å². The number of nitrogens with zero attached hydrogens (tertiary/aromatic N) is 6. The second-order valence-corrected chi connectivity index (χ2v) is 11.3. The van der Waals surface area contributed by atoms with Gasteiger partial charge in [0.1, 0.15) is 23.7 Å². The molecule has 2 aliphatic rings. The summed E-state index contributed by atoms with van der Waals surface area (Å²) in [5.74, 6) is -0.681. The molecule has 0 radical (unpaired) electrons. The van der Waals surface area contributed by atoms with Gasteiger partial charge in [0.2, 0.25) is 5.91 Å². The molecule has 214 valence electrons. The molecular formula is C26H28ClF3N6O4. The number of benzene rings is 1. The van der Waals surface area contributed by atoms with E-state index in [1.807, 2.05) is 0 Å². The van der Waals surface area contributed by atoms with Crippen molar-refractivity contribution in [3.63, 3.8) is 0 Å². The lowest BCUT2D eigenvalue weighted by atomic mass is 9.95. The Balaban J connectivity index is 1.29. The molecule has 0 unspecified atom stereocenters. The van der Waals surface area contributed by atoms with E-state index in [-0.39, 0.29) is 42.8 Å². The van der Waals surface area contributed by atoms with Gasteiger partial charge in [0.15, 0.2) is 11.5 Å². The van der Waals surface area contributed by atoms with Gasteiger partial charge in [-0.2, -0.15) is 10.1 Å². The first-order valence-corrected chi connectivity index (χ1v) is 13.2. The normalized spacial score (nSPS) is 16.9. The number of hydrogen-bond acceptors (Lipinski definition) is 7. The smallest absolute Gasteiger partial charge is 0.410 e. The fraction of sp³-hybridized carbons (Fsp3) is 0.500. The first-order chi connectivity index (χ1) is 18.9. The molecule has 1 saturated heterocycles. The zero-order valence-corrected chi connectivity index (χ0v) is 22.9. The van der Waals surface area contributed by atoms with Gasteiger partial charge in [0.25, 0.3) is 12.3 Å². The Bertz CT molecular complexity index is 1420. The van der Waals surface area contributed by atoms with Crippen molar-refractivity contribution >= 4 is 23.6 Å². The van der Waals surface area contributed by atoms with Crippen LogP contribution in [0.4, 0.5) is 18.0 Å². The highest BCUT2D eigenvalue weighted by Crippen LogP contribution is 2.54. The van der Waals surface area contributed by atoms with E-state index in [0.29, 0.717) is 24.2 Å². The number of carbonyl (C=O) groups excluding carboxylic acids is 2. The van der Waals surface area contributed by atoms with Gasteiger partial charge in [0.05, 0.1) is 5.41 Å². The molecule has 40 heavy (non-hydrogen) atoms. The quantitative estimate of drug-likeness (QED) is 0.411. The summed E-state index contributed by atoms with van der Waals surface area (Å²) < 4.78 is 52.9. The summed E-state index contributed by atoms with van der Waals surface area (Å²) in [6.07, 6.45) is -2.06. The molecule has 1 aliphatic carbocycles. The van der Waals surface area contributed by atoms with Crippen molar-refractivity contribution < 1.29 is 32.0 Å². The molecule has 5 rings (SSSR count). The van der Waals surface area contributed by atoms with Gasteiger partial charge in [-0.25, -0.2) is 18.0 Å². The number of ether oxygens (including phenoxy) is 1. The molecule has 0 atom stereocenters. The van der Waals surface area contributed by atoms with Crippen LogP contribution >= 0.6 is 11.6 Å². The maximum Gasteiger partial charge on any atom is 0.410 e. The molecule has 0 spiro atoms. The summed E-state index contributed by atoms with van der Waals surface area (Å²) >= 11 is 6.26. The van der Waals surface area contributed by atoms with E-state index in [1.165, 1.54) is 21.9 Å². The van der Waals surface area contributed by atoms with Crippen molar-refractivity contribution in [2.75, 3.05) is 26.2 Å². The fourth-order valence-electron chi connectivity index (χ4n) is 4.67. The van der Waals surface area contributed by atoms with Crippen molar-refractivity contribution in [1.82, 2.24) is 29.7 Å². The van der Waals surface area contributed by atoms with E-state index in [2.05, 4.69) is 15.2 Å². The van der Waals surface area contributed by atoms with Gasteiger partial charge in [-0.1, -0.05) is 22.8 Å². The van der Waals surface area contributed by atoms with E-state index < -0.39 is 47.5 Å². The minimum atomic E-state index is -2.91. The average molecular weight is 581 g/mol. The van der Waals surface area contributed by atoms with E-state index in [0.717, 1.165) is 10.7 Å². The number of alkyl halides is 2. The molecule has 3 heterocycles. The number of amides is 2. The topological polar surface area (TPSA) is 107 Å². The van der Waals surface area contributed by atoms with Crippen LogP contribution in [0.15, 0.2) is 28.8 Å². The van der Waals surface area contributed by atoms with Crippen LogP contribution in [-0.4, -0.2) is 73.5 Å². The lowest BCUT2D eigenvalue weighted by molar-refractivity contribution is -0.133. The van der Waals surface area contributed by atoms with E-state index in [1.54, 1.807) is 26.8 Å². The monoisotopic (exact) mass is 580 g/mol. The molecule has 14 heteroatoms. The minimum absolute atomic E-state index is 0.00222. The van der Waals surface area contributed by atoms with Gasteiger partial charge in [-0.05, 0) is 57.4 Å². The van der Waals surface area contributed by atoms with Crippen molar-refractivity contribution in [2.45, 2.75) is 57.6 Å². The zero-order valence-electron chi connectivity index (χ0n) is 22.2. The molecule has 2 aromatic heterocycles. The highest BCUT2D eigenvalue weighted by molar-refractivity contribution is 6.31. The standard InChI is InChI=1S/C26H28ClF3N6O4/c1-25(2,3)39-24(38)35-10-8-34(9-11-35)20(37)14-36-19(21(29)30)13-18(32-36)22-31-23(33-40-22)26(6-7-26)16-5-4-15(28)12-17(16)27/h4-5,12-13,21H,6-11,14H2,1-3H3. The average Bonchev–Trinajstić information content (AvgIpc) is 3.31. The Morgan fingerprint density at radius 2 is 1.80 bits per heavy atom. The SMILES string of the molecule is CC(C)(C)OC(=O)N1CCN(C(=O)Cn2nc(-c3nc(C4(c5ccc(F)cc5Cl)CC4)no3)cc2C(F)F)CC1. The van der Waals surface area contributed by atoms with Gasteiger partial charge in [0, 0.05) is 31.2 Å². The molecule has 3 aromatic rings. The molecule has 0 bridgehead atoms. The number of hydrogen-bond donors (Lipinski definition) is 0. The maximum absolute atomic E-state index is 13.9. The first kappa shape index (κ1) is 27.9. The van der Waals surface area contributed by atoms with Crippen molar-refractivity contribution in [2.24, 2.45) is 0 Å². The predicted molar refractivity (Wildman–Crippen MR) is 136 cm³/mol. The Labute approximate surface area is 233 Å². The van der Waals surface area contributed by atoms with Crippen molar-refractivity contribution in [3.05, 3.63) is 52.2 Å². The van der Waals surface area contributed by atoms with E-state index in [9.17, 15) is 22.8 Å². The van der Waals surface area contributed by atoms with Crippen molar-refractivity contribution in [1.29, 1.82) is 0 Å². The third-order valence-electron chi connectivity index (χ3n) is 6.87. The Morgan fingerprint density at radius 1 is 1.12 bits per heavy atom. The van der Waals surface area contributed by atoms with Crippen LogP contribution in [0.25, 0.3) is 11.6 Å². The summed E-state index contributed by atoms with van der Waals surface area (Å²) in [7, 11) is 0. The third kappa shape index (κ3) is 5.65. The van der Waals surface area contributed by atoms with Crippen molar-refractivity contribution in [3.8, 4) is 11.6 Å². The summed E-state index contributed by atoms with van der Waals surface area (Å²) in [6.45, 7) is 5.86. The summed E-state index contributed by atoms with van der Waals surface area (Å²) in [4.78, 5) is 32.6. The largest absolute Gasteiger partial charge is 0.444 e. The Morgan fingerprint density at radius 3 is 2.40 bits per heavy atom. The minimum Gasteiger partial charge on any atom is -0.444 e. The lowest BCUT2D eigenvalue weighted by Crippen LogP contribution is -2.52. The van der Waals surface area contributed by atoms with Gasteiger partial charge >= 0.3 is 6.09 Å². The molecule has 2 amide bonds. The Hall–Kier alpha value is -3.61. The molecular weight excluding hydrogens is 553 g/mol. The molecule has 2 fully saturated rings. The predicted octanol–water partition coefficient (Wildman–Crippen LogP) is 4.82. The maximum atomic E-state index is 13.9. The number of rotatable bonds is 6. The molecule has 0 N–H and O–H groups in total. The summed E-state index contributed by atoms with van der Waals surface area (Å²) in [6, 6.07) is 5.19.